The van der Waals surface area contributed by atoms with Gasteiger partial charge >= 0.3 is 0 Å². The van der Waals surface area contributed by atoms with Gasteiger partial charge in [-0.1, -0.05) is 12.1 Å². The minimum absolute atomic E-state index is 0.237. The molecular formula is C18H21N3O3S. The van der Waals surface area contributed by atoms with Crippen molar-refractivity contribution >= 4 is 21.8 Å². The maximum atomic E-state index is 13.3. The Morgan fingerprint density at radius 1 is 1.32 bits per heavy atom. The molecule has 1 aromatic carbocycles. The number of rotatable bonds is 8. The highest BCUT2D eigenvalue weighted by Gasteiger charge is 2.14. The smallest absolute Gasteiger partial charge is 0.197 e. The summed E-state index contributed by atoms with van der Waals surface area (Å²) in [5.74, 6) is -0.865. The summed E-state index contributed by atoms with van der Waals surface area (Å²) in [6.45, 7) is -5.66. The van der Waals surface area contributed by atoms with Crippen LogP contribution in [-0.4, -0.2) is 39.4 Å². The number of pyridine rings is 1. The normalized spacial score (nSPS) is 22.8. The van der Waals surface area contributed by atoms with Crippen LogP contribution in [0.5, 0.6) is 5.75 Å². The zero-order chi connectivity index (χ0) is 30.0. The van der Waals surface area contributed by atoms with Crippen LogP contribution >= 0.6 is 0 Å². The van der Waals surface area contributed by atoms with Crippen LogP contribution < -0.4 is 4.74 Å². The van der Waals surface area contributed by atoms with Gasteiger partial charge in [0.05, 0.1) is 53.5 Å². The number of nitrogens with zero attached hydrogens (tertiary/aromatic N) is 2. The molecule has 0 bridgehead atoms. The minimum atomic E-state index is -3.53. The Morgan fingerprint density at radius 3 is 3.00 bits per heavy atom. The van der Waals surface area contributed by atoms with E-state index in [1.165, 1.54) is 0 Å². The number of ether oxygens (including phenoxy) is 2. The van der Waals surface area contributed by atoms with Crippen LogP contribution in [-0.2, 0) is 21.2 Å². The SMILES string of the molecule is [2H]c1nc(C([2H])([2H])S(=O)c2nc3c([2H])c([2H])c([2H])c([2H])c3[nH]2)c(C)c(OC([2H])([2H])C([2H])([2H])C([2H])([2H])OC)c1[2H]. The number of aromatic nitrogens is 3. The average molecular weight is 374 g/mol. The molecule has 0 amide bonds. The van der Waals surface area contributed by atoms with Gasteiger partial charge in [-0.25, -0.2) is 4.98 Å². The molecule has 3 rings (SSSR count). The summed E-state index contributed by atoms with van der Waals surface area (Å²) >= 11 is 0. The largest absolute Gasteiger partial charge is 0.493 e. The molecule has 1 atom stereocenters. The van der Waals surface area contributed by atoms with E-state index in [9.17, 15) is 4.21 Å². The Balaban J connectivity index is 2.15. The number of aromatic amines is 1. The molecule has 2 heterocycles. The van der Waals surface area contributed by atoms with E-state index in [0.717, 1.165) is 14.0 Å². The highest BCUT2D eigenvalue weighted by Crippen LogP contribution is 2.22. The van der Waals surface area contributed by atoms with Gasteiger partial charge in [0.25, 0.3) is 0 Å². The third-order valence-electron chi connectivity index (χ3n) is 2.87. The fourth-order valence-electron chi connectivity index (χ4n) is 1.71. The standard InChI is InChI=1S/C18H21N3O3S/c1-13-16(19-9-8-17(13)24-11-5-10-23-2)12-25(22)18-20-14-6-3-4-7-15(14)21-18/h3-4,6-9H,5,10-12H2,1-2H3,(H,20,21)/i3D,4D,5D2,6D,7D,8D,9D,10D2,11D2,12D2. The van der Waals surface area contributed by atoms with E-state index in [2.05, 4.69) is 19.7 Å². The van der Waals surface area contributed by atoms with Crippen molar-refractivity contribution in [3.05, 3.63) is 47.6 Å². The predicted molar refractivity (Wildman–Crippen MR) is 97.2 cm³/mol. The number of H-pyrrole nitrogens is 1. The highest BCUT2D eigenvalue weighted by atomic mass is 32.2. The van der Waals surface area contributed by atoms with E-state index in [1.807, 2.05) is 0 Å². The minimum Gasteiger partial charge on any atom is -0.493 e. The number of nitrogens with one attached hydrogen (secondary N) is 1. The molecule has 0 aliphatic heterocycles. The van der Waals surface area contributed by atoms with Crippen molar-refractivity contribution in [1.82, 2.24) is 15.0 Å². The maximum absolute atomic E-state index is 13.3. The fourth-order valence-corrected chi connectivity index (χ4v) is 2.55. The Labute approximate surface area is 168 Å². The molecule has 0 saturated carbocycles. The van der Waals surface area contributed by atoms with Gasteiger partial charge in [0.2, 0.25) is 0 Å². The van der Waals surface area contributed by atoms with Gasteiger partial charge in [0.15, 0.2) is 5.16 Å². The molecule has 7 heteroatoms. The first-order valence-corrected chi connectivity index (χ1v) is 7.89. The molecule has 132 valence electrons. The molecule has 0 spiro atoms. The number of hydrogen-bond donors (Lipinski definition) is 1. The van der Waals surface area contributed by atoms with Crippen LogP contribution in [0.4, 0.5) is 0 Å². The van der Waals surface area contributed by atoms with Crippen molar-refractivity contribution in [3.63, 3.8) is 0 Å². The second-order valence-corrected chi connectivity index (χ2v) is 5.55. The van der Waals surface area contributed by atoms with Gasteiger partial charge in [-0.15, -0.1) is 0 Å². The highest BCUT2D eigenvalue weighted by molar-refractivity contribution is 7.84. The number of para-hydroxylation sites is 2. The first-order valence-electron chi connectivity index (χ1n) is 13.7. The quantitative estimate of drug-likeness (QED) is 0.657. The van der Waals surface area contributed by atoms with Gasteiger partial charge in [-0.3, -0.25) is 9.19 Å². The predicted octanol–water partition coefficient (Wildman–Crippen LogP) is 2.99. The summed E-state index contributed by atoms with van der Waals surface area (Å²) in [6, 6.07) is -3.20. The topological polar surface area (TPSA) is 77.1 Å². The van der Waals surface area contributed by atoms with Crippen molar-refractivity contribution in [3.8, 4) is 5.75 Å². The lowest BCUT2D eigenvalue weighted by Gasteiger charge is -2.11. The van der Waals surface area contributed by atoms with Crippen LogP contribution in [0.3, 0.4) is 0 Å². The molecule has 0 aliphatic carbocycles. The number of benzene rings is 1. The monoisotopic (exact) mass is 373 g/mol. The zero-order valence-electron chi connectivity index (χ0n) is 27.0. The van der Waals surface area contributed by atoms with Crippen LogP contribution in [0.25, 0.3) is 11.0 Å². The molecule has 2 aromatic heterocycles. The number of methoxy groups -OCH3 is 1. The summed E-state index contributed by atoms with van der Waals surface area (Å²) in [4.78, 5) is 9.96. The van der Waals surface area contributed by atoms with E-state index >= 15 is 0 Å². The van der Waals surface area contributed by atoms with E-state index in [1.54, 1.807) is 0 Å². The molecule has 3 aromatic rings. The van der Waals surface area contributed by atoms with Crippen molar-refractivity contribution in [2.75, 3.05) is 20.2 Å². The molecule has 6 nitrogen and oxygen atoms in total. The molecule has 0 saturated heterocycles. The first-order chi connectivity index (χ1) is 17.6. The van der Waals surface area contributed by atoms with E-state index in [4.69, 9.17) is 23.9 Å². The van der Waals surface area contributed by atoms with E-state index < -0.39 is 94.5 Å². The Morgan fingerprint density at radius 2 is 2.16 bits per heavy atom. The van der Waals surface area contributed by atoms with E-state index in [-0.39, 0.29) is 11.0 Å². The van der Waals surface area contributed by atoms with Crippen molar-refractivity contribution in [1.29, 1.82) is 0 Å². The lowest BCUT2D eigenvalue weighted by atomic mass is 10.2. The fraction of sp³-hybridized carbons (Fsp3) is 0.333. The van der Waals surface area contributed by atoms with Crippen LogP contribution in [0.2, 0.25) is 0 Å². The summed E-state index contributed by atoms with van der Waals surface area (Å²) in [5.41, 5.74) is -4.81. The van der Waals surface area contributed by atoms with Crippen molar-refractivity contribution < 1.29 is 32.9 Å². The molecule has 0 aliphatic rings. The number of imidazole rings is 1. The maximum Gasteiger partial charge on any atom is 0.197 e. The Kier molecular flexibility index (Phi) is 2.36. The first kappa shape index (κ1) is 7.17. The zero-order valence-corrected chi connectivity index (χ0v) is 13.8. The third kappa shape index (κ3) is 4.24. The van der Waals surface area contributed by atoms with Gasteiger partial charge < -0.3 is 14.5 Å². The Hall–Kier alpha value is -2.25. The average Bonchev–Trinajstić information content (AvgIpc) is 3.31. The van der Waals surface area contributed by atoms with Gasteiger partial charge in [0.1, 0.15) is 5.75 Å². The number of fused-ring (bicyclic) bond motifs is 1. The van der Waals surface area contributed by atoms with Crippen LogP contribution in [0, 0.1) is 6.92 Å². The summed E-state index contributed by atoms with van der Waals surface area (Å²) in [5, 5.41) is -0.605. The van der Waals surface area contributed by atoms with Crippen molar-refractivity contribution in [2.45, 2.75) is 24.2 Å². The number of hydrogen-bond acceptors (Lipinski definition) is 5. The van der Waals surface area contributed by atoms with Crippen molar-refractivity contribution in [2.24, 2.45) is 0 Å². The van der Waals surface area contributed by atoms with Gasteiger partial charge in [-0.2, -0.15) is 0 Å². The molecule has 0 radical (unpaired) electrons. The molecule has 1 unspecified atom stereocenters. The second-order valence-electron chi connectivity index (χ2n) is 4.42. The lowest BCUT2D eigenvalue weighted by molar-refractivity contribution is 0.172. The molecular weight excluding hydrogens is 338 g/mol. The molecule has 0 fully saturated rings. The van der Waals surface area contributed by atoms with Crippen LogP contribution in [0.1, 0.15) is 36.8 Å². The molecule has 25 heavy (non-hydrogen) atoms. The Bertz CT molecular complexity index is 1450. The van der Waals surface area contributed by atoms with Gasteiger partial charge in [-0.05, 0) is 25.1 Å². The molecule has 1 N–H and O–H groups in total. The van der Waals surface area contributed by atoms with Gasteiger partial charge in [0, 0.05) is 37.3 Å². The summed E-state index contributed by atoms with van der Waals surface area (Å²) < 4.78 is 134. The van der Waals surface area contributed by atoms with E-state index in [0.29, 0.717) is 0 Å². The van der Waals surface area contributed by atoms with Crippen LogP contribution in [0.15, 0.2) is 41.5 Å². The summed E-state index contributed by atoms with van der Waals surface area (Å²) in [6.07, 6.45) is -4.44. The third-order valence-corrected chi connectivity index (χ3v) is 3.79. The second kappa shape index (κ2) is 8.22. The summed E-state index contributed by atoms with van der Waals surface area (Å²) in [7, 11) is -2.03. The lowest BCUT2D eigenvalue weighted by Crippen LogP contribution is -2.06.